The molecule has 0 saturated heterocycles. The SMILES string of the molecule is COCOCCOC(C)OC(C)C. The van der Waals surface area contributed by atoms with Crippen molar-refractivity contribution in [1.82, 2.24) is 0 Å². The standard InChI is InChI=1S/C9H20O4/c1-8(2)13-9(3)12-6-5-11-7-10-4/h8-9H,5-7H2,1-4H3. The van der Waals surface area contributed by atoms with Gasteiger partial charge in [-0.1, -0.05) is 0 Å². The summed E-state index contributed by atoms with van der Waals surface area (Å²) in [5.41, 5.74) is 0. The molecule has 0 heterocycles. The highest BCUT2D eigenvalue weighted by molar-refractivity contribution is 4.39. The zero-order valence-corrected chi connectivity index (χ0v) is 8.91. The molecular formula is C9H20O4. The minimum atomic E-state index is -0.175. The second-order valence-corrected chi connectivity index (χ2v) is 2.94. The molecule has 0 N–H and O–H groups in total. The van der Waals surface area contributed by atoms with E-state index in [0.717, 1.165) is 0 Å². The van der Waals surface area contributed by atoms with E-state index < -0.39 is 0 Å². The molecule has 4 nitrogen and oxygen atoms in total. The van der Waals surface area contributed by atoms with Gasteiger partial charge in [0.1, 0.15) is 6.79 Å². The molecule has 0 aromatic heterocycles. The Labute approximate surface area is 80.1 Å². The second kappa shape index (κ2) is 8.44. The molecule has 4 heteroatoms. The number of hydrogen-bond acceptors (Lipinski definition) is 4. The fraction of sp³-hybridized carbons (Fsp3) is 1.00. The molecule has 0 amide bonds. The molecule has 0 saturated carbocycles. The van der Waals surface area contributed by atoms with E-state index in [9.17, 15) is 0 Å². The molecule has 1 unspecified atom stereocenters. The highest BCUT2D eigenvalue weighted by Gasteiger charge is 2.03. The molecule has 0 fully saturated rings. The number of hydrogen-bond donors (Lipinski definition) is 0. The van der Waals surface area contributed by atoms with Crippen LogP contribution in [0.15, 0.2) is 0 Å². The van der Waals surface area contributed by atoms with Gasteiger partial charge in [0.2, 0.25) is 0 Å². The predicted octanol–water partition coefficient (Wildman–Crippen LogP) is 1.39. The lowest BCUT2D eigenvalue weighted by Gasteiger charge is -2.16. The van der Waals surface area contributed by atoms with E-state index in [-0.39, 0.29) is 12.4 Å². The third kappa shape index (κ3) is 9.76. The van der Waals surface area contributed by atoms with Crippen molar-refractivity contribution in [1.29, 1.82) is 0 Å². The quantitative estimate of drug-likeness (QED) is 0.430. The molecule has 0 aliphatic rings. The Hall–Kier alpha value is -0.160. The first-order valence-electron chi connectivity index (χ1n) is 4.50. The Morgan fingerprint density at radius 2 is 1.77 bits per heavy atom. The van der Waals surface area contributed by atoms with Crippen LogP contribution in [0.2, 0.25) is 0 Å². The van der Waals surface area contributed by atoms with Gasteiger partial charge < -0.3 is 18.9 Å². The maximum Gasteiger partial charge on any atom is 0.155 e. The molecule has 0 radical (unpaired) electrons. The molecule has 0 bridgehead atoms. The van der Waals surface area contributed by atoms with Gasteiger partial charge in [-0.05, 0) is 20.8 Å². The summed E-state index contributed by atoms with van der Waals surface area (Å²) in [5.74, 6) is 0. The van der Waals surface area contributed by atoms with E-state index in [0.29, 0.717) is 20.0 Å². The molecule has 1 atom stereocenters. The summed E-state index contributed by atoms with van der Waals surface area (Å²) >= 11 is 0. The first kappa shape index (κ1) is 12.8. The van der Waals surface area contributed by atoms with E-state index >= 15 is 0 Å². The van der Waals surface area contributed by atoms with Crippen molar-refractivity contribution in [3.63, 3.8) is 0 Å². The van der Waals surface area contributed by atoms with Gasteiger partial charge in [-0.3, -0.25) is 0 Å². The van der Waals surface area contributed by atoms with Crippen LogP contribution in [0.5, 0.6) is 0 Å². The van der Waals surface area contributed by atoms with Crippen LogP contribution in [-0.2, 0) is 18.9 Å². The summed E-state index contributed by atoms with van der Waals surface area (Å²) in [5, 5.41) is 0. The number of rotatable bonds is 8. The lowest BCUT2D eigenvalue weighted by molar-refractivity contribution is -0.163. The van der Waals surface area contributed by atoms with Crippen LogP contribution in [0.3, 0.4) is 0 Å². The predicted molar refractivity (Wildman–Crippen MR) is 49.5 cm³/mol. The third-order valence-electron chi connectivity index (χ3n) is 1.25. The normalized spacial score (nSPS) is 13.6. The minimum Gasteiger partial charge on any atom is -0.359 e. The van der Waals surface area contributed by atoms with Crippen LogP contribution in [0.4, 0.5) is 0 Å². The lowest BCUT2D eigenvalue weighted by Crippen LogP contribution is -2.20. The highest BCUT2D eigenvalue weighted by Crippen LogP contribution is 1.98. The summed E-state index contributed by atoms with van der Waals surface area (Å²) < 4.78 is 20.4. The minimum absolute atomic E-state index is 0.175. The van der Waals surface area contributed by atoms with Gasteiger partial charge in [0, 0.05) is 7.11 Å². The van der Waals surface area contributed by atoms with Crippen LogP contribution < -0.4 is 0 Å². The van der Waals surface area contributed by atoms with Crippen LogP contribution >= 0.6 is 0 Å². The van der Waals surface area contributed by atoms with E-state index in [4.69, 9.17) is 18.9 Å². The van der Waals surface area contributed by atoms with Crippen LogP contribution in [-0.4, -0.2) is 39.5 Å². The Kier molecular flexibility index (Phi) is 8.33. The lowest BCUT2D eigenvalue weighted by atomic mass is 10.5. The monoisotopic (exact) mass is 192 g/mol. The fourth-order valence-corrected chi connectivity index (χ4v) is 0.838. The Bertz CT molecular complexity index is 106. The summed E-state index contributed by atoms with van der Waals surface area (Å²) in [7, 11) is 1.59. The van der Waals surface area contributed by atoms with Gasteiger partial charge in [0.15, 0.2) is 6.29 Å². The van der Waals surface area contributed by atoms with Crippen molar-refractivity contribution >= 4 is 0 Å². The van der Waals surface area contributed by atoms with E-state index in [1.165, 1.54) is 0 Å². The molecule has 0 rings (SSSR count). The Morgan fingerprint density at radius 1 is 1.08 bits per heavy atom. The van der Waals surface area contributed by atoms with Crippen molar-refractivity contribution in [3.8, 4) is 0 Å². The molecule has 13 heavy (non-hydrogen) atoms. The largest absolute Gasteiger partial charge is 0.359 e. The van der Waals surface area contributed by atoms with Gasteiger partial charge in [-0.25, -0.2) is 0 Å². The molecule has 80 valence electrons. The van der Waals surface area contributed by atoms with Crippen molar-refractivity contribution in [2.24, 2.45) is 0 Å². The topological polar surface area (TPSA) is 36.9 Å². The van der Waals surface area contributed by atoms with Gasteiger partial charge >= 0.3 is 0 Å². The zero-order chi connectivity index (χ0) is 10.1. The van der Waals surface area contributed by atoms with Crippen molar-refractivity contribution < 1.29 is 18.9 Å². The van der Waals surface area contributed by atoms with Gasteiger partial charge in [-0.2, -0.15) is 0 Å². The third-order valence-corrected chi connectivity index (χ3v) is 1.25. The molecule has 0 aromatic rings. The number of ether oxygens (including phenoxy) is 4. The van der Waals surface area contributed by atoms with Gasteiger partial charge in [0.05, 0.1) is 19.3 Å². The average molecular weight is 192 g/mol. The molecule has 0 aliphatic carbocycles. The Balaban J connectivity index is 3.12. The molecule has 0 aromatic carbocycles. The summed E-state index contributed by atoms with van der Waals surface area (Å²) in [6.07, 6.45) is 0.0149. The highest BCUT2D eigenvalue weighted by atomic mass is 16.7. The van der Waals surface area contributed by atoms with Crippen molar-refractivity contribution in [2.75, 3.05) is 27.1 Å². The fourth-order valence-electron chi connectivity index (χ4n) is 0.838. The first-order valence-corrected chi connectivity index (χ1v) is 4.50. The number of methoxy groups -OCH3 is 1. The summed E-state index contributed by atoms with van der Waals surface area (Å²) in [6.45, 7) is 7.18. The zero-order valence-electron chi connectivity index (χ0n) is 8.91. The van der Waals surface area contributed by atoms with Crippen molar-refractivity contribution in [3.05, 3.63) is 0 Å². The summed E-state index contributed by atoms with van der Waals surface area (Å²) in [4.78, 5) is 0. The van der Waals surface area contributed by atoms with Gasteiger partial charge in [0.25, 0.3) is 0 Å². The molecule has 0 aliphatic heterocycles. The van der Waals surface area contributed by atoms with Crippen molar-refractivity contribution in [2.45, 2.75) is 33.2 Å². The van der Waals surface area contributed by atoms with Gasteiger partial charge in [-0.15, -0.1) is 0 Å². The molecular weight excluding hydrogens is 172 g/mol. The van der Waals surface area contributed by atoms with Crippen LogP contribution in [0, 0.1) is 0 Å². The summed E-state index contributed by atoms with van der Waals surface area (Å²) in [6, 6.07) is 0. The Morgan fingerprint density at radius 3 is 2.31 bits per heavy atom. The average Bonchev–Trinajstić information content (AvgIpc) is 2.02. The maximum atomic E-state index is 5.35. The van der Waals surface area contributed by atoms with E-state index in [2.05, 4.69) is 0 Å². The first-order chi connectivity index (χ1) is 6.16. The smallest absolute Gasteiger partial charge is 0.155 e. The molecule has 0 spiro atoms. The van der Waals surface area contributed by atoms with E-state index in [1.807, 2.05) is 20.8 Å². The maximum absolute atomic E-state index is 5.35. The van der Waals surface area contributed by atoms with Crippen LogP contribution in [0.25, 0.3) is 0 Å². The van der Waals surface area contributed by atoms with Crippen LogP contribution in [0.1, 0.15) is 20.8 Å². The second-order valence-electron chi connectivity index (χ2n) is 2.94. The van der Waals surface area contributed by atoms with E-state index in [1.54, 1.807) is 7.11 Å².